The van der Waals surface area contributed by atoms with E-state index in [0.717, 1.165) is 6.04 Å². The highest BCUT2D eigenvalue weighted by molar-refractivity contribution is 4.59. The van der Waals surface area contributed by atoms with Crippen molar-refractivity contribution in [3.8, 4) is 0 Å². The second kappa shape index (κ2) is 11.5. The predicted octanol–water partition coefficient (Wildman–Crippen LogP) is 6.32. The molecule has 0 saturated carbocycles. The molecule has 0 unspecified atom stereocenters. The zero-order valence-corrected chi connectivity index (χ0v) is 15.3. The molecule has 126 valence electrons. The van der Waals surface area contributed by atoms with E-state index in [1.165, 1.54) is 108 Å². The first-order valence-corrected chi connectivity index (χ1v) is 10.1. The Kier molecular flexibility index (Phi) is 10.4. The second-order valence-electron chi connectivity index (χ2n) is 7.73. The Morgan fingerprint density at radius 1 is 0.667 bits per heavy atom. The van der Waals surface area contributed by atoms with Gasteiger partial charge in [-0.1, -0.05) is 64.7 Å². The molecule has 0 aromatic heterocycles. The van der Waals surface area contributed by atoms with Crippen molar-refractivity contribution in [3.63, 3.8) is 0 Å². The molecule has 1 rings (SSSR count). The van der Waals surface area contributed by atoms with Gasteiger partial charge in [-0.25, -0.2) is 0 Å². The van der Waals surface area contributed by atoms with Gasteiger partial charge in [0.2, 0.25) is 0 Å². The Bertz CT molecular complexity index is 228. The average Bonchev–Trinajstić information content (AvgIpc) is 2.95. The molecule has 21 heavy (non-hydrogen) atoms. The molecule has 1 heteroatoms. The maximum atomic E-state index is 2.43. The summed E-state index contributed by atoms with van der Waals surface area (Å²) in [7, 11) is 0. The van der Waals surface area contributed by atoms with Crippen molar-refractivity contribution in [3.05, 3.63) is 0 Å². The monoisotopic (exact) mass is 296 g/mol. The van der Waals surface area contributed by atoms with Crippen molar-refractivity contribution in [1.82, 2.24) is 0 Å². The Hall–Kier alpha value is -0.0400. The lowest BCUT2D eigenvalue weighted by molar-refractivity contribution is -0.937. The molecule has 0 spiro atoms. The second-order valence-corrected chi connectivity index (χ2v) is 7.73. The summed E-state index contributed by atoms with van der Waals surface area (Å²) >= 11 is 0. The van der Waals surface area contributed by atoms with Crippen LogP contribution in [0.25, 0.3) is 0 Å². The van der Waals surface area contributed by atoms with Gasteiger partial charge in [0.05, 0.1) is 25.7 Å². The van der Waals surface area contributed by atoms with Gasteiger partial charge in [0.25, 0.3) is 0 Å². The van der Waals surface area contributed by atoms with Gasteiger partial charge in [0, 0.05) is 12.8 Å². The highest BCUT2D eigenvalue weighted by atomic mass is 15.4. The minimum atomic E-state index is 0.843. The van der Waals surface area contributed by atoms with Crippen molar-refractivity contribution < 1.29 is 4.48 Å². The molecule has 0 radical (unpaired) electrons. The zero-order chi connectivity index (χ0) is 15.4. The first-order chi connectivity index (χ1) is 10.2. The van der Waals surface area contributed by atoms with Crippen molar-refractivity contribution in [2.24, 2.45) is 0 Å². The van der Waals surface area contributed by atoms with Crippen LogP contribution < -0.4 is 0 Å². The maximum absolute atomic E-state index is 2.43. The fraction of sp³-hybridized carbons (Fsp3) is 1.00. The summed E-state index contributed by atoms with van der Waals surface area (Å²) in [5, 5.41) is 0. The van der Waals surface area contributed by atoms with Crippen molar-refractivity contribution in [2.45, 2.75) is 110 Å². The van der Waals surface area contributed by atoms with Crippen LogP contribution in [0.1, 0.15) is 104 Å². The van der Waals surface area contributed by atoms with Gasteiger partial charge in [-0.05, 0) is 26.7 Å². The van der Waals surface area contributed by atoms with Crippen LogP contribution in [-0.4, -0.2) is 30.2 Å². The highest BCUT2D eigenvalue weighted by Crippen LogP contribution is 2.25. The smallest absolute Gasteiger partial charge is 0.0833 e. The molecule has 0 atom stereocenters. The van der Waals surface area contributed by atoms with E-state index in [2.05, 4.69) is 20.8 Å². The third-order valence-corrected chi connectivity index (χ3v) is 5.76. The molecule has 0 N–H and O–H groups in total. The van der Waals surface area contributed by atoms with Gasteiger partial charge < -0.3 is 4.48 Å². The third kappa shape index (κ3) is 7.68. The lowest BCUT2D eigenvalue weighted by Gasteiger charge is -2.38. The highest BCUT2D eigenvalue weighted by Gasteiger charge is 2.33. The normalized spacial score (nSPS) is 17.7. The van der Waals surface area contributed by atoms with Crippen LogP contribution in [0.4, 0.5) is 0 Å². The zero-order valence-electron chi connectivity index (χ0n) is 15.3. The van der Waals surface area contributed by atoms with E-state index in [0.29, 0.717) is 0 Å². The van der Waals surface area contributed by atoms with E-state index >= 15 is 0 Å². The van der Waals surface area contributed by atoms with Gasteiger partial charge in [0.15, 0.2) is 0 Å². The topological polar surface area (TPSA) is 0 Å². The van der Waals surface area contributed by atoms with Crippen molar-refractivity contribution >= 4 is 0 Å². The van der Waals surface area contributed by atoms with Gasteiger partial charge >= 0.3 is 0 Å². The fourth-order valence-electron chi connectivity index (χ4n) is 4.05. The molecule has 0 amide bonds. The van der Waals surface area contributed by atoms with E-state index < -0.39 is 0 Å². The van der Waals surface area contributed by atoms with E-state index in [9.17, 15) is 0 Å². The van der Waals surface area contributed by atoms with Crippen LogP contribution in [-0.2, 0) is 0 Å². The minimum Gasteiger partial charge on any atom is -0.322 e. The lowest BCUT2D eigenvalue weighted by Crippen LogP contribution is -2.51. The van der Waals surface area contributed by atoms with Crippen LogP contribution >= 0.6 is 0 Å². The number of unbranched alkanes of at least 4 members (excludes halogenated alkanes) is 10. The molecular formula is C20H42N+. The summed E-state index contributed by atoms with van der Waals surface area (Å²) < 4.78 is 1.43. The molecule has 0 aliphatic carbocycles. The molecule has 1 fully saturated rings. The van der Waals surface area contributed by atoms with Crippen molar-refractivity contribution in [2.75, 3.05) is 19.6 Å². The summed E-state index contributed by atoms with van der Waals surface area (Å²) in [6.45, 7) is 11.5. The van der Waals surface area contributed by atoms with Crippen LogP contribution in [0.3, 0.4) is 0 Å². The summed E-state index contributed by atoms with van der Waals surface area (Å²) in [4.78, 5) is 0. The standard InChI is InChI=1S/C20H42N/c1-4-5-6-7-8-9-10-11-12-13-14-17-21(20(2)3)18-15-16-19-21/h20H,4-19H2,1-3H3/q+1. The summed E-state index contributed by atoms with van der Waals surface area (Å²) in [5.41, 5.74) is 0. The Morgan fingerprint density at radius 2 is 1.10 bits per heavy atom. The number of likely N-dealkylation sites (tertiary alicyclic amines) is 1. The minimum absolute atomic E-state index is 0.843. The summed E-state index contributed by atoms with van der Waals surface area (Å²) in [6.07, 6.45) is 19.0. The van der Waals surface area contributed by atoms with Crippen LogP contribution in [0, 0.1) is 0 Å². The summed E-state index contributed by atoms with van der Waals surface area (Å²) in [6, 6.07) is 0.843. The number of rotatable bonds is 13. The fourth-order valence-corrected chi connectivity index (χ4v) is 4.05. The first-order valence-electron chi connectivity index (χ1n) is 10.1. The maximum Gasteiger partial charge on any atom is 0.0833 e. The third-order valence-electron chi connectivity index (χ3n) is 5.76. The van der Waals surface area contributed by atoms with Gasteiger partial charge in [-0.3, -0.25) is 0 Å². The van der Waals surface area contributed by atoms with E-state index in [1.54, 1.807) is 0 Å². The van der Waals surface area contributed by atoms with Gasteiger partial charge in [-0.2, -0.15) is 0 Å². The molecule has 1 nitrogen and oxygen atoms in total. The molecule has 1 saturated heterocycles. The molecule has 1 heterocycles. The Morgan fingerprint density at radius 3 is 1.52 bits per heavy atom. The van der Waals surface area contributed by atoms with E-state index in [1.807, 2.05) is 0 Å². The van der Waals surface area contributed by atoms with Gasteiger partial charge in [-0.15, -0.1) is 0 Å². The van der Waals surface area contributed by atoms with Crippen LogP contribution in [0.2, 0.25) is 0 Å². The molecule has 1 aliphatic rings. The number of nitrogens with zero attached hydrogens (tertiary/aromatic N) is 1. The van der Waals surface area contributed by atoms with Crippen LogP contribution in [0.5, 0.6) is 0 Å². The lowest BCUT2D eigenvalue weighted by atomic mass is 10.1. The largest absolute Gasteiger partial charge is 0.322 e. The first kappa shape index (κ1) is 19.0. The Balaban J connectivity index is 1.90. The van der Waals surface area contributed by atoms with Gasteiger partial charge in [0.1, 0.15) is 0 Å². The predicted molar refractivity (Wildman–Crippen MR) is 95.7 cm³/mol. The molecule has 0 bridgehead atoms. The quantitative estimate of drug-likeness (QED) is 0.276. The van der Waals surface area contributed by atoms with E-state index in [-0.39, 0.29) is 0 Å². The van der Waals surface area contributed by atoms with Crippen LogP contribution in [0.15, 0.2) is 0 Å². The average molecular weight is 297 g/mol. The molecule has 0 aromatic rings. The summed E-state index contributed by atoms with van der Waals surface area (Å²) in [5.74, 6) is 0. The molecular weight excluding hydrogens is 254 g/mol. The Labute approximate surface area is 135 Å². The SMILES string of the molecule is CCCCCCCCCCCCC[N+]1(C(C)C)CCCC1. The molecule has 1 aliphatic heterocycles. The number of quaternary nitrogens is 1. The number of hydrogen-bond acceptors (Lipinski definition) is 0. The number of hydrogen-bond donors (Lipinski definition) is 0. The van der Waals surface area contributed by atoms with Crippen molar-refractivity contribution in [1.29, 1.82) is 0 Å². The molecule has 0 aromatic carbocycles. The van der Waals surface area contributed by atoms with E-state index in [4.69, 9.17) is 0 Å².